The number of alkyl halides is 3. The van der Waals surface area contributed by atoms with E-state index in [2.05, 4.69) is 19.2 Å². The molecule has 1 fully saturated rings. The first-order valence-electron chi connectivity index (χ1n) is 10.8. The van der Waals surface area contributed by atoms with Crippen LogP contribution in [0, 0.1) is 11.8 Å². The summed E-state index contributed by atoms with van der Waals surface area (Å²) >= 11 is 0. The average Bonchev–Trinajstić information content (AvgIpc) is 2.96. The third-order valence-electron chi connectivity index (χ3n) is 7.13. The molecular weight excluding hydrogens is 377 g/mol. The Hall–Kier alpha value is -1.98. The summed E-state index contributed by atoms with van der Waals surface area (Å²) in [6, 6.07) is 5.44. The Balaban J connectivity index is 1.67. The Labute approximate surface area is 170 Å². The zero-order valence-corrected chi connectivity index (χ0v) is 17.1. The van der Waals surface area contributed by atoms with Crippen LogP contribution < -0.4 is 5.32 Å². The van der Waals surface area contributed by atoms with Gasteiger partial charge in [0.15, 0.2) is 0 Å². The van der Waals surface area contributed by atoms with Gasteiger partial charge >= 0.3 is 6.18 Å². The van der Waals surface area contributed by atoms with Gasteiger partial charge in [-0.25, -0.2) is 0 Å². The quantitative estimate of drug-likeness (QED) is 0.670. The fourth-order valence-electron chi connectivity index (χ4n) is 5.30. The van der Waals surface area contributed by atoms with E-state index in [9.17, 15) is 18.0 Å². The lowest BCUT2D eigenvalue weighted by Gasteiger charge is -2.43. The molecule has 3 aliphatic rings. The van der Waals surface area contributed by atoms with Gasteiger partial charge in [-0.05, 0) is 67.7 Å². The highest BCUT2D eigenvalue weighted by Gasteiger charge is 2.46. The monoisotopic (exact) mass is 406 g/mol. The van der Waals surface area contributed by atoms with Crippen LogP contribution in [0.5, 0.6) is 0 Å². The lowest BCUT2D eigenvalue weighted by Crippen LogP contribution is -2.52. The first-order chi connectivity index (χ1) is 13.8. The number of rotatable bonds is 3. The van der Waals surface area contributed by atoms with E-state index >= 15 is 0 Å². The summed E-state index contributed by atoms with van der Waals surface area (Å²) in [5.74, 6) is 1.00. The number of carbonyl (C=O) groups is 1. The van der Waals surface area contributed by atoms with Crippen LogP contribution in [-0.2, 0) is 11.0 Å². The van der Waals surface area contributed by atoms with Crippen LogP contribution in [0.15, 0.2) is 35.4 Å². The van der Waals surface area contributed by atoms with Crippen LogP contribution in [0.25, 0.3) is 0 Å². The molecule has 158 valence electrons. The first kappa shape index (κ1) is 20.3. The van der Waals surface area contributed by atoms with E-state index in [1.807, 2.05) is 4.90 Å². The number of halogens is 3. The SMILES string of the molecule is C[C@@H]1[C@H](C)CCC[C@@H]1N1C(=O)C2=C(CCCC2)[C@H]1Nc1cccc(C(F)(F)F)c1. The van der Waals surface area contributed by atoms with E-state index in [1.165, 1.54) is 12.5 Å². The minimum Gasteiger partial charge on any atom is -0.362 e. The molecule has 3 nitrogen and oxygen atoms in total. The summed E-state index contributed by atoms with van der Waals surface area (Å²) in [6.07, 6.45) is 2.14. The molecule has 29 heavy (non-hydrogen) atoms. The molecule has 0 radical (unpaired) electrons. The van der Waals surface area contributed by atoms with Crippen molar-refractivity contribution in [2.24, 2.45) is 11.8 Å². The minimum atomic E-state index is -4.38. The molecule has 1 heterocycles. The van der Waals surface area contributed by atoms with Crippen molar-refractivity contribution in [1.82, 2.24) is 4.90 Å². The highest BCUT2D eigenvalue weighted by molar-refractivity contribution is 5.98. The number of nitrogens with zero attached hydrogens (tertiary/aromatic N) is 1. The van der Waals surface area contributed by atoms with Gasteiger partial charge in [-0.1, -0.05) is 32.8 Å². The Morgan fingerprint density at radius 3 is 2.59 bits per heavy atom. The van der Waals surface area contributed by atoms with Gasteiger partial charge in [-0.3, -0.25) is 4.79 Å². The third-order valence-corrected chi connectivity index (χ3v) is 7.13. The molecule has 1 aromatic carbocycles. The number of hydrogen-bond donors (Lipinski definition) is 1. The zero-order valence-electron chi connectivity index (χ0n) is 17.1. The van der Waals surface area contributed by atoms with Crippen molar-refractivity contribution in [2.75, 3.05) is 5.32 Å². The van der Waals surface area contributed by atoms with Gasteiger partial charge in [0.1, 0.15) is 6.17 Å². The topological polar surface area (TPSA) is 32.3 Å². The molecule has 2 aliphatic carbocycles. The Morgan fingerprint density at radius 2 is 1.83 bits per heavy atom. The van der Waals surface area contributed by atoms with Crippen molar-refractivity contribution in [3.63, 3.8) is 0 Å². The Morgan fingerprint density at radius 1 is 1.07 bits per heavy atom. The third kappa shape index (κ3) is 3.78. The molecule has 0 saturated heterocycles. The molecule has 4 atom stereocenters. The molecule has 0 unspecified atom stereocenters. The van der Waals surface area contributed by atoms with E-state index in [4.69, 9.17) is 0 Å². The Kier molecular flexibility index (Phi) is 5.38. The second-order valence-electron chi connectivity index (χ2n) is 8.88. The maximum atomic E-state index is 13.4. The summed E-state index contributed by atoms with van der Waals surface area (Å²) in [5.41, 5.74) is 1.73. The van der Waals surface area contributed by atoms with E-state index in [1.54, 1.807) is 6.07 Å². The average molecular weight is 406 g/mol. The van der Waals surface area contributed by atoms with Gasteiger partial charge in [0.05, 0.1) is 5.56 Å². The van der Waals surface area contributed by atoms with Crippen LogP contribution in [-0.4, -0.2) is 23.0 Å². The maximum absolute atomic E-state index is 13.4. The van der Waals surface area contributed by atoms with Gasteiger partial charge in [-0.15, -0.1) is 0 Å². The van der Waals surface area contributed by atoms with Gasteiger partial charge < -0.3 is 10.2 Å². The summed E-state index contributed by atoms with van der Waals surface area (Å²) in [4.78, 5) is 15.3. The minimum absolute atomic E-state index is 0.0927. The number of carbonyl (C=O) groups excluding carboxylic acids is 1. The molecule has 1 amide bonds. The fourth-order valence-corrected chi connectivity index (χ4v) is 5.30. The molecule has 4 rings (SSSR count). The van der Waals surface area contributed by atoms with Crippen molar-refractivity contribution >= 4 is 11.6 Å². The smallest absolute Gasteiger partial charge is 0.362 e. The largest absolute Gasteiger partial charge is 0.416 e. The second kappa shape index (κ2) is 7.69. The predicted octanol–water partition coefficient (Wildman–Crippen LogP) is 5.98. The lowest BCUT2D eigenvalue weighted by molar-refractivity contribution is -0.137. The van der Waals surface area contributed by atoms with Crippen LogP contribution in [0.4, 0.5) is 18.9 Å². The standard InChI is InChI=1S/C23H29F3N2O/c1-14-7-5-12-20(15(14)2)28-21(18-10-3-4-11-19(18)22(28)29)27-17-9-6-8-16(13-17)23(24,25)26/h6,8-9,13-15,20-21,27H,3-5,7,10-12H2,1-2H3/t14-,15-,20+,21+/m1/s1. The van der Waals surface area contributed by atoms with Gasteiger partial charge in [0.2, 0.25) is 0 Å². The van der Waals surface area contributed by atoms with Crippen LogP contribution in [0.2, 0.25) is 0 Å². The molecule has 1 aromatic rings. The zero-order chi connectivity index (χ0) is 20.8. The van der Waals surface area contributed by atoms with Crippen molar-refractivity contribution in [1.29, 1.82) is 0 Å². The summed E-state index contributed by atoms with van der Waals surface area (Å²) in [5, 5.41) is 3.31. The highest BCUT2D eigenvalue weighted by atomic mass is 19.4. The van der Waals surface area contributed by atoms with Crippen LogP contribution in [0.3, 0.4) is 0 Å². The van der Waals surface area contributed by atoms with E-state index < -0.39 is 11.7 Å². The van der Waals surface area contributed by atoms with E-state index in [-0.39, 0.29) is 18.1 Å². The van der Waals surface area contributed by atoms with Gasteiger partial charge in [-0.2, -0.15) is 13.2 Å². The summed E-state index contributed by atoms with van der Waals surface area (Å²) in [6.45, 7) is 4.44. The molecule has 1 aliphatic heterocycles. The normalized spacial score (nSPS) is 30.5. The predicted molar refractivity (Wildman–Crippen MR) is 107 cm³/mol. The molecular formula is C23H29F3N2O. The molecule has 1 N–H and O–H groups in total. The van der Waals surface area contributed by atoms with Crippen LogP contribution in [0.1, 0.15) is 64.4 Å². The Bertz CT molecular complexity index is 817. The van der Waals surface area contributed by atoms with Crippen molar-refractivity contribution in [3.8, 4) is 0 Å². The summed E-state index contributed by atoms with van der Waals surface area (Å²) in [7, 11) is 0. The maximum Gasteiger partial charge on any atom is 0.416 e. The number of hydrogen-bond acceptors (Lipinski definition) is 2. The van der Waals surface area contributed by atoms with Crippen molar-refractivity contribution in [3.05, 3.63) is 41.0 Å². The van der Waals surface area contributed by atoms with Gasteiger partial charge in [0.25, 0.3) is 5.91 Å². The van der Waals surface area contributed by atoms with Crippen molar-refractivity contribution in [2.45, 2.75) is 77.2 Å². The molecule has 6 heteroatoms. The van der Waals surface area contributed by atoms with E-state index in [0.29, 0.717) is 17.5 Å². The molecule has 0 bridgehead atoms. The number of nitrogens with one attached hydrogen (secondary N) is 1. The van der Waals surface area contributed by atoms with Gasteiger partial charge in [0, 0.05) is 17.3 Å². The van der Waals surface area contributed by atoms with E-state index in [0.717, 1.165) is 61.8 Å². The lowest BCUT2D eigenvalue weighted by atomic mass is 9.77. The first-order valence-corrected chi connectivity index (χ1v) is 10.8. The highest BCUT2D eigenvalue weighted by Crippen LogP contribution is 2.43. The van der Waals surface area contributed by atoms with Crippen molar-refractivity contribution < 1.29 is 18.0 Å². The number of amides is 1. The fraction of sp³-hybridized carbons (Fsp3) is 0.609. The molecule has 0 aromatic heterocycles. The number of benzene rings is 1. The summed E-state index contributed by atoms with van der Waals surface area (Å²) < 4.78 is 39.5. The van der Waals surface area contributed by atoms with Crippen LogP contribution >= 0.6 is 0 Å². The second-order valence-corrected chi connectivity index (χ2v) is 8.88. The number of anilines is 1. The molecule has 1 saturated carbocycles. The molecule has 0 spiro atoms.